The van der Waals surface area contributed by atoms with Crippen molar-refractivity contribution in [1.29, 1.82) is 0 Å². The van der Waals surface area contributed by atoms with Gasteiger partial charge < -0.3 is 14.6 Å². The molecule has 2 aromatic heterocycles. The van der Waals surface area contributed by atoms with Crippen molar-refractivity contribution in [2.75, 3.05) is 19.1 Å². The molecule has 0 aliphatic heterocycles. The molecule has 0 saturated heterocycles. The Hall–Kier alpha value is -2.63. The molecule has 0 atom stereocenters. The van der Waals surface area contributed by atoms with Crippen LogP contribution in [-0.4, -0.2) is 35.2 Å². The van der Waals surface area contributed by atoms with E-state index in [4.69, 9.17) is 4.74 Å². The molecule has 2 aromatic rings. The quantitative estimate of drug-likeness (QED) is 0.916. The molecule has 0 unspecified atom stereocenters. The molecule has 0 fully saturated rings. The first-order valence-electron chi connectivity index (χ1n) is 7.01. The van der Waals surface area contributed by atoms with E-state index in [9.17, 15) is 4.79 Å². The smallest absolute Gasteiger partial charge is 0.293 e. The van der Waals surface area contributed by atoms with Crippen LogP contribution >= 0.6 is 0 Å². The molecule has 2 heterocycles. The van der Waals surface area contributed by atoms with E-state index in [0.29, 0.717) is 11.9 Å². The number of nitrogens with one attached hydrogen (secondary N) is 1. The summed E-state index contributed by atoms with van der Waals surface area (Å²) in [6, 6.07) is 4.32. The number of hydrogen-bond acceptors (Lipinski definition) is 5. The molecule has 6 nitrogen and oxygen atoms in total. The van der Waals surface area contributed by atoms with Crippen LogP contribution in [0.15, 0.2) is 29.3 Å². The van der Waals surface area contributed by atoms with Crippen LogP contribution in [0.1, 0.15) is 25.2 Å². The molecule has 2 rings (SSSR count). The van der Waals surface area contributed by atoms with Gasteiger partial charge in [0.1, 0.15) is 11.6 Å². The van der Waals surface area contributed by atoms with Crippen molar-refractivity contribution in [1.82, 2.24) is 15.0 Å². The van der Waals surface area contributed by atoms with E-state index in [1.807, 2.05) is 25.3 Å². The molecule has 0 aromatic carbocycles. The summed E-state index contributed by atoms with van der Waals surface area (Å²) < 4.78 is 4.87. The lowest BCUT2D eigenvalue weighted by Gasteiger charge is -2.22. The first-order valence-corrected chi connectivity index (χ1v) is 7.01. The van der Waals surface area contributed by atoms with Crippen LogP contribution in [0.25, 0.3) is 12.2 Å². The van der Waals surface area contributed by atoms with Gasteiger partial charge in [0, 0.05) is 19.3 Å². The molecule has 0 radical (unpaired) electrons. The lowest BCUT2D eigenvalue weighted by atomic mass is 10.2. The molecule has 0 aliphatic rings. The second-order valence-electron chi connectivity index (χ2n) is 5.15. The fraction of sp³-hybridized carbons (Fsp3) is 0.312. The average molecular weight is 300 g/mol. The number of methoxy groups -OCH3 is 1. The Bertz CT molecular complexity index is 705. The molecule has 0 amide bonds. The third kappa shape index (κ3) is 3.72. The second kappa shape index (κ2) is 6.89. The Morgan fingerprint density at radius 3 is 2.55 bits per heavy atom. The molecule has 116 valence electrons. The SMILES string of the molecule is COc1cnc(/C=C/c2ccc(N(C)C(C)C)nc2)[nH]c1=O. The Kier molecular flexibility index (Phi) is 4.93. The number of rotatable bonds is 5. The predicted molar refractivity (Wildman–Crippen MR) is 88.1 cm³/mol. The summed E-state index contributed by atoms with van der Waals surface area (Å²) in [6.45, 7) is 4.22. The number of aromatic amines is 1. The minimum Gasteiger partial charge on any atom is -0.490 e. The van der Waals surface area contributed by atoms with E-state index in [0.717, 1.165) is 11.4 Å². The molecule has 6 heteroatoms. The van der Waals surface area contributed by atoms with Gasteiger partial charge in [0.15, 0.2) is 0 Å². The van der Waals surface area contributed by atoms with E-state index in [-0.39, 0.29) is 11.3 Å². The third-order valence-electron chi connectivity index (χ3n) is 3.35. The summed E-state index contributed by atoms with van der Waals surface area (Å²) in [4.78, 5) is 24.8. The molecule has 0 spiro atoms. The van der Waals surface area contributed by atoms with Gasteiger partial charge in [-0.3, -0.25) is 4.79 Å². The van der Waals surface area contributed by atoms with E-state index in [2.05, 4.69) is 33.7 Å². The lowest BCUT2D eigenvalue weighted by Crippen LogP contribution is -2.26. The summed E-state index contributed by atoms with van der Waals surface area (Å²) in [5.41, 5.74) is 0.628. The van der Waals surface area contributed by atoms with E-state index in [1.54, 1.807) is 12.3 Å². The molecular formula is C16H20N4O2. The highest BCUT2D eigenvalue weighted by Gasteiger charge is 2.05. The summed E-state index contributed by atoms with van der Waals surface area (Å²) in [5.74, 6) is 1.58. The molecule has 0 aliphatic carbocycles. The zero-order valence-corrected chi connectivity index (χ0v) is 13.2. The summed E-state index contributed by atoms with van der Waals surface area (Å²) >= 11 is 0. The highest BCUT2D eigenvalue weighted by atomic mass is 16.5. The summed E-state index contributed by atoms with van der Waals surface area (Å²) in [5, 5.41) is 0. The van der Waals surface area contributed by atoms with Crippen LogP contribution in [0, 0.1) is 0 Å². The number of nitrogens with zero attached hydrogens (tertiary/aromatic N) is 3. The first kappa shape index (κ1) is 15.8. The van der Waals surface area contributed by atoms with Crippen LogP contribution in [0.3, 0.4) is 0 Å². The Morgan fingerprint density at radius 1 is 1.23 bits per heavy atom. The number of aromatic nitrogens is 3. The topological polar surface area (TPSA) is 71.1 Å². The number of pyridine rings is 1. The van der Waals surface area contributed by atoms with Gasteiger partial charge >= 0.3 is 0 Å². The van der Waals surface area contributed by atoms with Gasteiger partial charge in [-0.25, -0.2) is 9.97 Å². The van der Waals surface area contributed by atoms with Gasteiger partial charge in [0.05, 0.1) is 13.3 Å². The Labute approximate surface area is 129 Å². The van der Waals surface area contributed by atoms with Gasteiger partial charge in [0.2, 0.25) is 5.75 Å². The van der Waals surface area contributed by atoms with Crippen LogP contribution in [0.2, 0.25) is 0 Å². The summed E-state index contributed by atoms with van der Waals surface area (Å²) in [6.07, 6.45) is 6.75. The van der Waals surface area contributed by atoms with Gasteiger partial charge in [-0.15, -0.1) is 0 Å². The van der Waals surface area contributed by atoms with E-state index < -0.39 is 0 Å². The third-order valence-corrected chi connectivity index (χ3v) is 3.35. The number of ether oxygens (including phenoxy) is 1. The van der Waals surface area contributed by atoms with E-state index >= 15 is 0 Å². The van der Waals surface area contributed by atoms with Crippen molar-refractivity contribution in [3.05, 3.63) is 46.3 Å². The van der Waals surface area contributed by atoms with Crippen molar-refractivity contribution < 1.29 is 4.74 Å². The Balaban J connectivity index is 2.13. The minimum atomic E-state index is -0.302. The predicted octanol–water partition coefficient (Wildman–Crippen LogP) is 2.19. The molecule has 1 N–H and O–H groups in total. The number of anilines is 1. The average Bonchev–Trinajstić information content (AvgIpc) is 2.52. The molecule has 22 heavy (non-hydrogen) atoms. The molecule has 0 bridgehead atoms. The standard InChI is InChI=1S/C16H20N4O2/c1-11(2)20(3)15-8-6-12(9-18-15)5-7-14-17-10-13(22-4)16(21)19-14/h5-11H,1-4H3,(H,17,19,21)/b7-5+. The zero-order valence-electron chi connectivity index (χ0n) is 13.2. The van der Waals surface area contributed by atoms with Crippen molar-refractivity contribution in [3.8, 4) is 5.75 Å². The maximum Gasteiger partial charge on any atom is 0.293 e. The number of H-pyrrole nitrogens is 1. The largest absolute Gasteiger partial charge is 0.490 e. The van der Waals surface area contributed by atoms with Crippen molar-refractivity contribution in [3.63, 3.8) is 0 Å². The normalized spacial score (nSPS) is 11.1. The van der Waals surface area contributed by atoms with Crippen LogP contribution in [0.4, 0.5) is 5.82 Å². The summed E-state index contributed by atoms with van der Waals surface area (Å²) in [7, 11) is 3.44. The molecular weight excluding hydrogens is 280 g/mol. The minimum absolute atomic E-state index is 0.194. The van der Waals surface area contributed by atoms with Crippen LogP contribution in [-0.2, 0) is 0 Å². The van der Waals surface area contributed by atoms with Gasteiger partial charge in [-0.05, 0) is 43.7 Å². The van der Waals surface area contributed by atoms with Gasteiger partial charge in [0.25, 0.3) is 5.56 Å². The van der Waals surface area contributed by atoms with Gasteiger partial charge in [-0.1, -0.05) is 0 Å². The fourth-order valence-corrected chi connectivity index (χ4v) is 1.77. The van der Waals surface area contributed by atoms with Crippen LogP contribution in [0.5, 0.6) is 5.75 Å². The van der Waals surface area contributed by atoms with Gasteiger partial charge in [-0.2, -0.15) is 0 Å². The highest BCUT2D eigenvalue weighted by molar-refractivity contribution is 5.66. The first-order chi connectivity index (χ1) is 10.5. The van der Waals surface area contributed by atoms with Crippen molar-refractivity contribution >= 4 is 18.0 Å². The monoisotopic (exact) mass is 300 g/mol. The zero-order chi connectivity index (χ0) is 16.1. The number of hydrogen-bond donors (Lipinski definition) is 1. The lowest BCUT2D eigenvalue weighted by molar-refractivity contribution is 0.406. The highest BCUT2D eigenvalue weighted by Crippen LogP contribution is 2.13. The Morgan fingerprint density at radius 2 is 2.00 bits per heavy atom. The maximum absolute atomic E-state index is 11.6. The second-order valence-corrected chi connectivity index (χ2v) is 5.15. The van der Waals surface area contributed by atoms with Crippen molar-refractivity contribution in [2.45, 2.75) is 19.9 Å². The van der Waals surface area contributed by atoms with E-state index in [1.165, 1.54) is 13.3 Å². The maximum atomic E-state index is 11.6. The fourth-order valence-electron chi connectivity index (χ4n) is 1.77. The molecule has 0 saturated carbocycles. The van der Waals surface area contributed by atoms with Crippen molar-refractivity contribution in [2.24, 2.45) is 0 Å². The van der Waals surface area contributed by atoms with Crippen LogP contribution < -0.4 is 15.2 Å².